The molecule has 0 saturated heterocycles. The van der Waals surface area contributed by atoms with Gasteiger partial charge in [0.05, 0.1) is 26.9 Å². The van der Waals surface area contributed by atoms with E-state index in [1.807, 2.05) is 21.1 Å². The third-order valence-electron chi connectivity index (χ3n) is 1.28. The van der Waals surface area contributed by atoms with Crippen LogP contribution in [0.3, 0.4) is 0 Å². The molecule has 0 aromatic rings. The predicted octanol–water partition coefficient (Wildman–Crippen LogP) is 0.728. The van der Waals surface area contributed by atoms with Crippen molar-refractivity contribution in [1.82, 2.24) is 0 Å². The molecule has 0 aromatic carbocycles. The first-order valence-corrected chi connectivity index (χ1v) is 5.70. The summed E-state index contributed by atoms with van der Waals surface area (Å²) in [6.07, 6.45) is 0. The molecule has 0 fully saturated rings. The fourth-order valence-corrected chi connectivity index (χ4v) is 1.38. The van der Waals surface area contributed by atoms with Crippen LogP contribution in [0.4, 0.5) is 0 Å². The standard InChI is InChI=1S/C8H18NO4P/c1-8(2)13-14(10,11)12-7-6-9(3,4)5/h1,6-7H2,2-5H3. The molecule has 0 radical (unpaired) electrons. The number of hydrogen-bond acceptors (Lipinski definition) is 4. The first kappa shape index (κ1) is 13.7. The van der Waals surface area contributed by atoms with Crippen LogP contribution in [0.25, 0.3) is 0 Å². The molecule has 0 heterocycles. The Kier molecular flexibility index (Phi) is 4.81. The van der Waals surface area contributed by atoms with Gasteiger partial charge in [-0.1, -0.05) is 6.58 Å². The zero-order valence-electron chi connectivity index (χ0n) is 9.15. The molecule has 6 heteroatoms. The molecule has 0 aliphatic rings. The summed E-state index contributed by atoms with van der Waals surface area (Å²) in [5.41, 5.74) is 0. The molecule has 84 valence electrons. The van der Waals surface area contributed by atoms with Gasteiger partial charge in [0.2, 0.25) is 0 Å². The summed E-state index contributed by atoms with van der Waals surface area (Å²) in [7, 11) is 1.64. The average molecular weight is 223 g/mol. The van der Waals surface area contributed by atoms with Crippen molar-refractivity contribution in [2.24, 2.45) is 0 Å². The Balaban J connectivity index is 3.89. The SMILES string of the molecule is C=C(C)OP(=O)([O-])OCC[N+](C)(C)C. The Morgan fingerprint density at radius 2 is 2.00 bits per heavy atom. The first-order valence-electron chi connectivity index (χ1n) is 4.23. The molecule has 14 heavy (non-hydrogen) atoms. The minimum absolute atomic E-state index is 0.105. The third-order valence-corrected chi connectivity index (χ3v) is 2.31. The van der Waals surface area contributed by atoms with E-state index in [9.17, 15) is 9.46 Å². The number of nitrogens with zero attached hydrogens (tertiary/aromatic N) is 1. The molecule has 0 aromatic heterocycles. The van der Waals surface area contributed by atoms with E-state index in [4.69, 9.17) is 0 Å². The number of allylic oxidation sites excluding steroid dienone is 1. The van der Waals surface area contributed by atoms with Gasteiger partial charge in [0.15, 0.2) is 0 Å². The van der Waals surface area contributed by atoms with Crippen LogP contribution in [0.15, 0.2) is 12.3 Å². The number of quaternary nitrogens is 1. The molecule has 1 atom stereocenters. The maximum Gasteiger partial charge on any atom is 0.319 e. The minimum atomic E-state index is -4.19. The van der Waals surface area contributed by atoms with E-state index < -0.39 is 7.82 Å². The smallest absolute Gasteiger partial charge is 0.319 e. The molecule has 0 rings (SSSR count). The largest absolute Gasteiger partial charge is 0.746 e. The molecule has 1 unspecified atom stereocenters. The predicted molar refractivity (Wildman–Crippen MR) is 52.4 cm³/mol. The maximum atomic E-state index is 11.0. The van der Waals surface area contributed by atoms with Crippen LogP contribution in [-0.2, 0) is 13.6 Å². The number of hydrogen-bond donors (Lipinski definition) is 0. The van der Waals surface area contributed by atoms with Gasteiger partial charge in [0, 0.05) is 0 Å². The van der Waals surface area contributed by atoms with E-state index in [1.165, 1.54) is 6.92 Å². The topological polar surface area (TPSA) is 58.6 Å². The fraction of sp³-hybridized carbons (Fsp3) is 0.750. The highest BCUT2D eigenvalue weighted by Crippen LogP contribution is 2.40. The van der Waals surface area contributed by atoms with Gasteiger partial charge in [-0.25, -0.2) is 0 Å². The molecule has 0 spiro atoms. The van der Waals surface area contributed by atoms with Crippen LogP contribution in [0.2, 0.25) is 0 Å². The Hall–Kier alpha value is -0.350. The molecular weight excluding hydrogens is 205 g/mol. The van der Waals surface area contributed by atoms with E-state index in [-0.39, 0.29) is 12.4 Å². The molecule has 5 nitrogen and oxygen atoms in total. The lowest BCUT2D eigenvalue weighted by molar-refractivity contribution is -0.870. The average Bonchev–Trinajstić information content (AvgIpc) is 1.78. The Labute approximate surface area is 85.1 Å². The van der Waals surface area contributed by atoms with Crippen molar-refractivity contribution in [2.45, 2.75) is 6.92 Å². The lowest BCUT2D eigenvalue weighted by Crippen LogP contribution is -2.37. The van der Waals surface area contributed by atoms with Gasteiger partial charge in [-0.05, 0) is 6.92 Å². The van der Waals surface area contributed by atoms with Crippen LogP contribution in [0.1, 0.15) is 6.92 Å². The van der Waals surface area contributed by atoms with Crippen LogP contribution < -0.4 is 4.89 Å². The van der Waals surface area contributed by atoms with Crippen LogP contribution in [-0.4, -0.2) is 38.8 Å². The summed E-state index contributed by atoms with van der Waals surface area (Å²) < 4.78 is 20.7. The van der Waals surface area contributed by atoms with E-state index in [2.05, 4.69) is 15.6 Å². The summed E-state index contributed by atoms with van der Waals surface area (Å²) in [6, 6.07) is 0. The first-order chi connectivity index (χ1) is 6.12. The van der Waals surface area contributed by atoms with Crippen LogP contribution in [0, 0.1) is 0 Å². The maximum absolute atomic E-state index is 11.0. The third kappa shape index (κ3) is 8.26. The molecule has 0 aliphatic carbocycles. The lowest BCUT2D eigenvalue weighted by Gasteiger charge is -2.27. The summed E-state index contributed by atoms with van der Waals surface area (Å²) >= 11 is 0. The van der Waals surface area contributed by atoms with E-state index in [0.29, 0.717) is 11.0 Å². The highest BCUT2D eigenvalue weighted by molar-refractivity contribution is 7.46. The number of likely N-dealkylation sites (N-methyl/N-ethyl adjacent to an activating group) is 1. The Bertz CT molecular complexity index is 246. The van der Waals surface area contributed by atoms with Gasteiger partial charge in [0.1, 0.15) is 13.2 Å². The van der Waals surface area contributed by atoms with Gasteiger partial charge in [-0.2, -0.15) is 0 Å². The molecule has 0 bridgehead atoms. The summed E-state index contributed by atoms with van der Waals surface area (Å²) in [6.45, 7) is 5.47. The van der Waals surface area contributed by atoms with Crippen molar-refractivity contribution < 1.29 is 23.0 Å². The second-order valence-electron chi connectivity index (χ2n) is 4.09. The van der Waals surface area contributed by atoms with E-state index in [0.717, 1.165) is 0 Å². The zero-order chi connectivity index (χ0) is 11.4. The van der Waals surface area contributed by atoms with Crippen molar-refractivity contribution in [3.63, 3.8) is 0 Å². The molecule has 0 amide bonds. The van der Waals surface area contributed by atoms with Crippen LogP contribution in [0.5, 0.6) is 0 Å². The summed E-state index contributed by atoms with van der Waals surface area (Å²) in [5, 5.41) is 0. The molecule has 0 aliphatic heterocycles. The van der Waals surface area contributed by atoms with Crippen molar-refractivity contribution >= 4 is 7.82 Å². The summed E-state index contributed by atoms with van der Waals surface area (Å²) in [5.74, 6) is 0.105. The van der Waals surface area contributed by atoms with Gasteiger partial charge >= 0.3 is 7.82 Å². The van der Waals surface area contributed by atoms with E-state index >= 15 is 0 Å². The van der Waals surface area contributed by atoms with Crippen molar-refractivity contribution in [3.8, 4) is 0 Å². The highest BCUT2D eigenvalue weighted by Gasteiger charge is 2.13. The second-order valence-corrected chi connectivity index (χ2v) is 5.42. The van der Waals surface area contributed by atoms with Crippen molar-refractivity contribution in [1.29, 1.82) is 0 Å². The highest BCUT2D eigenvalue weighted by atomic mass is 31.2. The Morgan fingerprint density at radius 1 is 1.50 bits per heavy atom. The van der Waals surface area contributed by atoms with Gasteiger partial charge < -0.3 is 18.4 Å². The quantitative estimate of drug-likeness (QED) is 0.378. The van der Waals surface area contributed by atoms with Crippen molar-refractivity contribution in [3.05, 3.63) is 12.3 Å². The van der Waals surface area contributed by atoms with Gasteiger partial charge in [0.25, 0.3) is 0 Å². The lowest BCUT2D eigenvalue weighted by atomic mass is 10.5. The zero-order valence-corrected chi connectivity index (χ0v) is 10.0. The minimum Gasteiger partial charge on any atom is -0.746 e. The molecule has 0 saturated carbocycles. The molecular formula is C8H18NO4P. The fourth-order valence-electron chi connectivity index (χ4n) is 0.644. The van der Waals surface area contributed by atoms with E-state index in [1.54, 1.807) is 0 Å². The van der Waals surface area contributed by atoms with Gasteiger partial charge in [-0.3, -0.25) is 4.57 Å². The number of rotatable bonds is 6. The Morgan fingerprint density at radius 3 is 2.36 bits per heavy atom. The van der Waals surface area contributed by atoms with Crippen molar-refractivity contribution in [2.75, 3.05) is 34.3 Å². The second kappa shape index (κ2) is 4.94. The van der Waals surface area contributed by atoms with Gasteiger partial charge in [-0.15, -0.1) is 0 Å². The normalized spacial score (nSPS) is 16.1. The summed E-state index contributed by atoms with van der Waals surface area (Å²) in [4.78, 5) is 11.0. The van der Waals surface area contributed by atoms with Crippen LogP contribution >= 0.6 is 7.82 Å². The number of phosphoric acid groups is 1. The molecule has 0 N–H and O–H groups in total. The number of phosphoric ester groups is 1. The monoisotopic (exact) mass is 223 g/mol.